The van der Waals surface area contributed by atoms with Gasteiger partial charge >= 0.3 is 0 Å². The van der Waals surface area contributed by atoms with Crippen LogP contribution >= 0.6 is 11.6 Å². The topological polar surface area (TPSA) is 29.9 Å². The van der Waals surface area contributed by atoms with E-state index in [9.17, 15) is 4.39 Å². The Hall–Kier alpha value is -1.39. The molecule has 18 heavy (non-hydrogen) atoms. The Balaban J connectivity index is 1.98. The fraction of sp³-hybridized carbons (Fsp3) is 0.308. The third kappa shape index (κ3) is 2.89. The van der Waals surface area contributed by atoms with Crippen LogP contribution in [0.15, 0.2) is 30.5 Å². The van der Waals surface area contributed by atoms with Crippen molar-refractivity contribution in [3.8, 4) is 0 Å². The van der Waals surface area contributed by atoms with Crippen molar-refractivity contribution in [3.63, 3.8) is 0 Å². The Kier molecular flexibility index (Phi) is 3.99. The summed E-state index contributed by atoms with van der Waals surface area (Å²) in [5.74, 6) is 0.649. The normalized spacial score (nSPS) is 12.7. The zero-order valence-electron chi connectivity index (χ0n) is 10.3. The van der Waals surface area contributed by atoms with Gasteiger partial charge in [-0.25, -0.2) is 9.37 Å². The van der Waals surface area contributed by atoms with Gasteiger partial charge in [0.1, 0.15) is 16.8 Å². The van der Waals surface area contributed by atoms with Crippen molar-refractivity contribution in [2.45, 2.75) is 19.5 Å². The van der Waals surface area contributed by atoms with Gasteiger partial charge in [-0.2, -0.15) is 0 Å². The molecule has 0 radical (unpaired) electrons. The zero-order chi connectivity index (χ0) is 13.1. The second kappa shape index (κ2) is 5.50. The SMILES string of the molecule is CC(NCc1ncc(Cl)n1C)c1ccc(F)cc1. The molecule has 1 unspecified atom stereocenters. The van der Waals surface area contributed by atoms with Crippen LogP contribution < -0.4 is 5.32 Å². The molecule has 0 aliphatic rings. The minimum atomic E-state index is -0.221. The van der Waals surface area contributed by atoms with E-state index in [1.165, 1.54) is 12.1 Å². The maximum absolute atomic E-state index is 12.8. The number of aromatic nitrogens is 2. The van der Waals surface area contributed by atoms with Gasteiger partial charge in [-0.05, 0) is 24.6 Å². The van der Waals surface area contributed by atoms with E-state index >= 15 is 0 Å². The highest BCUT2D eigenvalue weighted by molar-refractivity contribution is 6.29. The molecule has 1 atom stereocenters. The van der Waals surface area contributed by atoms with Crippen molar-refractivity contribution in [2.75, 3.05) is 0 Å². The molecule has 0 aliphatic heterocycles. The van der Waals surface area contributed by atoms with Crippen LogP contribution in [0.5, 0.6) is 0 Å². The molecule has 0 saturated heterocycles. The van der Waals surface area contributed by atoms with Crippen LogP contribution in [0.1, 0.15) is 24.4 Å². The Morgan fingerprint density at radius 2 is 2.06 bits per heavy atom. The first-order valence-electron chi connectivity index (χ1n) is 5.73. The summed E-state index contributed by atoms with van der Waals surface area (Å²) < 4.78 is 14.6. The Bertz CT molecular complexity index is 522. The van der Waals surface area contributed by atoms with Crippen molar-refractivity contribution in [1.82, 2.24) is 14.9 Å². The molecule has 0 amide bonds. The molecule has 1 aromatic carbocycles. The molecule has 1 heterocycles. The summed E-state index contributed by atoms with van der Waals surface area (Å²) in [6.45, 7) is 2.64. The molecule has 96 valence electrons. The predicted octanol–water partition coefficient (Wildman–Crippen LogP) is 3.06. The maximum Gasteiger partial charge on any atom is 0.128 e. The summed E-state index contributed by atoms with van der Waals surface area (Å²) in [6, 6.07) is 6.61. The summed E-state index contributed by atoms with van der Waals surface area (Å²) in [4.78, 5) is 4.20. The number of halogens is 2. The lowest BCUT2D eigenvalue weighted by Gasteiger charge is -2.14. The van der Waals surface area contributed by atoms with Crippen LogP contribution in [0.4, 0.5) is 4.39 Å². The van der Waals surface area contributed by atoms with Crippen LogP contribution in [0.2, 0.25) is 5.15 Å². The number of imidazole rings is 1. The fourth-order valence-electron chi connectivity index (χ4n) is 1.70. The summed E-state index contributed by atoms with van der Waals surface area (Å²) in [6.07, 6.45) is 1.63. The van der Waals surface area contributed by atoms with Crippen molar-refractivity contribution >= 4 is 11.6 Å². The molecule has 1 N–H and O–H groups in total. The molecule has 2 aromatic rings. The van der Waals surface area contributed by atoms with E-state index in [0.717, 1.165) is 11.4 Å². The van der Waals surface area contributed by atoms with Crippen molar-refractivity contribution in [1.29, 1.82) is 0 Å². The number of nitrogens with one attached hydrogen (secondary N) is 1. The molecule has 0 spiro atoms. The van der Waals surface area contributed by atoms with Crippen molar-refractivity contribution < 1.29 is 4.39 Å². The smallest absolute Gasteiger partial charge is 0.128 e. The first kappa shape index (κ1) is 13.1. The van der Waals surface area contributed by atoms with E-state index in [1.807, 2.05) is 18.5 Å². The van der Waals surface area contributed by atoms with Gasteiger partial charge in [-0.15, -0.1) is 0 Å². The van der Waals surface area contributed by atoms with Gasteiger partial charge in [0.2, 0.25) is 0 Å². The number of benzene rings is 1. The second-order valence-electron chi connectivity index (χ2n) is 4.21. The first-order chi connectivity index (χ1) is 8.58. The molecule has 5 heteroatoms. The van der Waals surface area contributed by atoms with Gasteiger partial charge in [0.15, 0.2) is 0 Å². The van der Waals surface area contributed by atoms with E-state index < -0.39 is 0 Å². The highest BCUT2D eigenvalue weighted by atomic mass is 35.5. The van der Waals surface area contributed by atoms with Gasteiger partial charge in [0, 0.05) is 13.1 Å². The fourth-order valence-corrected chi connectivity index (χ4v) is 1.85. The van der Waals surface area contributed by atoms with E-state index in [0.29, 0.717) is 11.7 Å². The number of rotatable bonds is 4. The van der Waals surface area contributed by atoms with Gasteiger partial charge < -0.3 is 9.88 Å². The molecule has 1 aromatic heterocycles. The minimum Gasteiger partial charge on any atom is -0.321 e. The molecule has 0 bridgehead atoms. The van der Waals surface area contributed by atoms with E-state index in [-0.39, 0.29) is 11.9 Å². The summed E-state index contributed by atoms with van der Waals surface area (Å²) in [7, 11) is 1.87. The van der Waals surface area contributed by atoms with Crippen LogP contribution in [-0.2, 0) is 13.6 Å². The molecule has 2 rings (SSSR count). The standard InChI is InChI=1S/C13H15ClFN3/c1-9(10-3-5-11(15)6-4-10)16-8-13-17-7-12(14)18(13)2/h3-7,9,16H,8H2,1-2H3. The third-order valence-electron chi connectivity index (χ3n) is 2.96. The minimum absolute atomic E-state index is 0.126. The Morgan fingerprint density at radius 1 is 1.39 bits per heavy atom. The highest BCUT2D eigenvalue weighted by Gasteiger charge is 2.08. The quantitative estimate of drug-likeness (QED) is 0.923. The Morgan fingerprint density at radius 3 is 2.61 bits per heavy atom. The van der Waals surface area contributed by atoms with Crippen LogP contribution in [0, 0.1) is 5.82 Å². The largest absolute Gasteiger partial charge is 0.321 e. The lowest BCUT2D eigenvalue weighted by Crippen LogP contribution is -2.20. The number of nitrogens with zero attached hydrogens (tertiary/aromatic N) is 2. The van der Waals surface area contributed by atoms with Gasteiger partial charge in [-0.3, -0.25) is 0 Å². The van der Waals surface area contributed by atoms with Gasteiger partial charge in [-0.1, -0.05) is 23.7 Å². The lowest BCUT2D eigenvalue weighted by atomic mass is 10.1. The van der Waals surface area contributed by atoms with E-state index in [1.54, 1.807) is 18.3 Å². The van der Waals surface area contributed by atoms with Crippen molar-refractivity contribution in [2.24, 2.45) is 7.05 Å². The third-order valence-corrected chi connectivity index (χ3v) is 3.32. The van der Waals surface area contributed by atoms with Gasteiger partial charge in [0.05, 0.1) is 12.7 Å². The van der Waals surface area contributed by atoms with E-state index in [4.69, 9.17) is 11.6 Å². The molecule has 0 saturated carbocycles. The first-order valence-corrected chi connectivity index (χ1v) is 6.10. The van der Waals surface area contributed by atoms with Crippen LogP contribution in [-0.4, -0.2) is 9.55 Å². The summed E-state index contributed by atoms with van der Waals surface area (Å²) in [5.41, 5.74) is 1.04. The number of hydrogen-bond acceptors (Lipinski definition) is 2. The maximum atomic E-state index is 12.8. The second-order valence-corrected chi connectivity index (χ2v) is 4.60. The predicted molar refractivity (Wildman–Crippen MR) is 69.9 cm³/mol. The van der Waals surface area contributed by atoms with Crippen LogP contribution in [0.25, 0.3) is 0 Å². The van der Waals surface area contributed by atoms with Crippen molar-refractivity contribution in [3.05, 3.63) is 52.8 Å². The van der Waals surface area contributed by atoms with E-state index in [2.05, 4.69) is 10.3 Å². The number of hydrogen-bond donors (Lipinski definition) is 1. The summed E-state index contributed by atoms with van der Waals surface area (Å²) in [5, 5.41) is 3.94. The molecule has 0 fully saturated rings. The molecule has 3 nitrogen and oxygen atoms in total. The molecular formula is C13H15ClFN3. The Labute approximate surface area is 111 Å². The summed E-state index contributed by atoms with van der Waals surface area (Å²) >= 11 is 5.91. The van der Waals surface area contributed by atoms with Gasteiger partial charge in [0.25, 0.3) is 0 Å². The van der Waals surface area contributed by atoms with Crippen LogP contribution in [0.3, 0.4) is 0 Å². The monoisotopic (exact) mass is 267 g/mol. The lowest BCUT2D eigenvalue weighted by molar-refractivity contribution is 0.547. The highest BCUT2D eigenvalue weighted by Crippen LogP contribution is 2.14. The zero-order valence-corrected chi connectivity index (χ0v) is 11.1. The molecular weight excluding hydrogens is 253 g/mol. The molecule has 0 aliphatic carbocycles. The average Bonchev–Trinajstić information content (AvgIpc) is 2.68. The average molecular weight is 268 g/mol.